The molecule has 0 aliphatic rings. The van der Waals surface area contributed by atoms with Gasteiger partial charge in [-0.25, -0.2) is 0 Å². The number of carbonyl (C=O) groups excluding carboxylic acids is 1. The number of nitro benzene ring substituents is 1. The van der Waals surface area contributed by atoms with Crippen molar-refractivity contribution >= 4 is 40.5 Å². The molecular weight excluding hydrogens is 327 g/mol. The van der Waals surface area contributed by atoms with Gasteiger partial charge in [0.25, 0.3) is 5.69 Å². The van der Waals surface area contributed by atoms with Crippen LogP contribution < -0.4 is 5.32 Å². The maximum absolute atomic E-state index is 12.1. The van der Waals surface area contributed by atoms with E-state index in [4.69, 9.17) is 23.2 Å². The minimum absolute atomic E-state index is 0.0250. The Bertz CT molecular complexity index is 748. The summed E-state index contributed by atoms with van der Waals surface area (Å²) in [6, 6.07) is 9.85. The number of carbonyl (C=O) groups is 1. The van der Waals surface area contributed by atoms with Crippen molar-refractivity contribution in [2.45, 2.75) is 13.3 Å². The predicted molar refractivity (Wildman–Crippen MR) is 86.6 cm³/mol. The van der Waals surface area contributed by atoms with Gasteiger partial charge in [0.15, 0.2) is 0 Å². The zero-order chi connectivity index (χ0) is 16.3. The van der Waals surface area contributed by atoms with Crippen molar-refractivity contribution in [3.63, 3.8) is 0 Å². The molecule has 0 aliphatic heterocycles. The van der Waals surface area contributed by atoms with E-state index in [1.807, 2.05) is 31.2 Å². The highest BCUT2D eigenvalue weighted by atomic mass is 35.5. The molecule has 114 valence electrons. The highest BCUT2D eigenvalue weighted by Crippen LogP contribution is 2.34. The molecule has 0 spiro atoms. The summed E-state index contributed by atoms with van der Waals surface area (Å²) in [6.07, 6.45) is 0.110. The summed E-state index contributed by atoms with van der Waals surface area (Å²) in [5.41, 5.74) is 1.58. The molecule has 2 aromatic rings. The molecule has 0 aliphatic carbocycles. The van der Waals surface area contributed by atoms with Gasteiger partial charge >= 0.3 is 0 Å². The number of nitrogens with one attached hydrogen (secondary N) is 1. The lowest BCUT2D eigenvalue weighted by Crippen LogP contribution is -2.15. The van der Waals surface area contributed by atoms with Gasteiger partial charge < -0.3 is 5.32 Å². The number of hydrogen-bond acceptors (Lipinski definition) is 3. The standard InChI is InChI=1S/C15H12Cl2N2O3/c1-9-3-2-4-10(5-9)6-15(20)18-13-7-11(16)12(17)8-14(13)19(21)22/h2-5,7-8H,6H2,1H3,(H,18,20). The van der Waals surface area contributed by atoms with E-state index in [0.717, 1.165) is 17.2 Å². The van der Waals surface area contributed by atoms with Gasteiger partial charge in [-0.3, -0.25) is 14.9 Å². The van der Waals surface area contributed by atoms with E-state index in [2.05, 4.69) is 5.32 Å². The molecule has 0 aromatic heterocycles. The molecule has 0 fully saturated rings. The lowest BCUT2D eigenvalue weighted by molar-refractivity contribution is -0.383. The van der Waals surface area contributed by atoms with Crippen LogP contribution in [-0.4, -0.2) is 10.8 Å². The molecule has 5 nitrogen and oxygen atoms in total. The minimum Gasteiger partial charge on any atom is -0.320 e. The average molecular weight is 339 g/mol. The second kappa shape index (κ2) is 6.77. The number of nitrogens with zero attached hydrogens (tertiary/aromatic N) is 1. The summed E-state index contributed by atoms with van der Waals surface area (Å²) in [6.45, 7) is 1.92. The third-order valence-corrected chi connectivity index (χ3v) is 3.68. The molecule has 0 saturated heterocycles. The van der Waals surface area contributed by atoms with Gasteiger partial charge in [0.1, 0.15) is 5.69 Å². The van der Waals surface area contributed by atoms with Crippen LogP contribution in [0.15, 0.2) is 36.4 Å². The second-order valence-corrected chi connectivity index (χ2v) is 5.57. The summed E-state index contributed by atoms with van der Waals surface area (Å²) in [5.74, 6) is -0.368. The number of nitro groups is 1. The van der Waals surface area contributed by atoms with Gasteiger partial charge in [0.2, 0.25) is 5.91 Å². The molecule has 0 bridgehead atoms. The first-order chi connectivity index (χ1) is 10.4. The van der Waals surface area contributed by atoms with Crippen LogP contribution in [0.2, 0.25) is 10.0 Å². The van der Waals surface area contributed by atoms with Gasteiger partial charge in [-0.2, -0.15) is 0 Å². The van der Waals surface area contributed by atoms with E-state index in [9.17, 15) is 14.9 Å². The van der Waals surface area contributed by atoms with Gasteiger partial charge in [-0.15, -0.1) is 0 Å². The zero-order valence-electron chi connectivity index (χ0n) is 11.6. The molecule has 22 heavy (non-hydrogen) atoms. The Labute approximate surface area is 137 Å². The van der Waals surface area contributed by atoms with Gasteiger partial charge in [0, 0.05) is 6.07 Å². The monoisotopic (exact) mass is 338 g/mol. The molecule has 2 aromatic carbocycles. The molecule has 0 saturated carbocycles. The Morgan fingerprint density at radius 2 is 1.91 bits per heavy atom. The van der Waals surface area contributed by atoms with Crippen LogP contribution in [0.3, 0.4) is 0 Å². The van der Waals surface area contributed by atoms with E-state index in [-0.39, 0.29) is 33.7 Å². The number of hydrogen-bond donors (Lipinski definition) is 1. The summed E-state index contributed by atoms with van der Waals surface area (Å²) in [4.78, 5) is 22.5. The Kier molecular flexibility index (Phi) is 5.00. The number of benzene rings is 2. The molecule has 7 heteroatoms. The van der Waals surface area contributed by atoms with Crippen molar-refractivity contribution in [3.05, 3.63) is 67.7 Å². The Morgan fingerprint density at radius 1 is 1.23 bits per heavy atom. The normalized spacial score (nSPS) is 10.3. The van der Waals surface area contributed by atoms with Gasteiger partial charge in [-0.05, 0) is 18.6 Å². The molecule has 2 rings (SSSR count). The fourth-order valence-electron chi connectivity index (χ4n) is 1.99. The van der Waals surface area contributed by atoms with Crippen molar-refractivity contribution in [1.29, 1.82) is 0 Å². The SMILES string of the molecule is Cc1cccc(CC(=O)Nc2cc(Cl)c(Cl)cc2[N+](=O)[O-])c1. The van der Waals surface area contributed by atoms with Crippen LogP contribution >= 0.6 is 23.2 Å². The lowest BCUT2D eigenvalue weighted by atomic mass is 10.1. The first kappa shape index (κ1) is 16.3. The van der Waals surface area contributed by atoms with Gasteiger partial charge in [-0.1, -0.05) is 53.0 Å². The summed E-state index contributed by atoms with van der Waals surface area (Å²) >= 11 is 11.6. The molecule has 1 N–H and O–H groups in total. The fraction of sp³-hybridized carbons (Fsp3) is 0.133. The highest BCUT2D eigenvalue weighted by Gasteiger charge is 2.19. The third-order valence-electron chi connectivity index (χ3n) is 2.96. The number of aryl methyl sites for hydroxylation is 1. The largest absolute Gasteiger partial charge is 0.320 e. The number of amides is 1. The number of halogens is 2. The topological polar surface area (TPSA) is 72.2 Å². The fourth-order valence-corrected chi connectivity index (χ4v) is 2.31. The van der Waals surface area contributed by atoms with Gasteiger partial charge in [0.05, 0.1) is 21.4 Å². The minimum atomic E-state index is -0.621. The average Bonchev–Trinajstić information content (AvgIpc) is 2.42. The predicted octanol–water partition coefficient (Wildman–Crippen LogP) is 4.39. The smallest absolute Gasteiger partial charge is 0.294 e. The Balaban J connectivity index is 2.21. The summed E-state index contributed by atoms with van der Waals surface area (Å²) in [7, 11) is 0. The van der Waals surface area contributed by atoms with Crippen molar-refractivity contribution in [3.8, 4) is 0 Å². The summed E-state index contributed by atoms with van der Waals surface area (Å²) < 4.78 is 0. The van der Waals surface area contributed by atoms with Crippen LogP contribution in [0.5, 0.6) is 0 Å². The highest BCUT2D eigenvalue weighted by molar-refractivity contribution is 6.42. The van der Waals surface area contributed by atoms with E-state index in [1.54, 1.807) is 0 Å². The Morgan fingerprint density at radius 3 is 2.55 bits per heavy atom. The van der Waals surface area contributed by atoms with Crippen molar-refractivity contribution in [1.82, 2.24) is 0 Å². The molecule has 0 heterocycles. The molecule has 0 radical (unpaired) electrons. The number of rotatable bonds is 4. The van der Waals surface area contributed by atoms with E-state index >= 15 is 0 Å². The third kappa shape index (κ3) is 3.96. The lowest BCUT2D eigenvalue weighted by Gasteiger charge is -2.08. The molecule has 0 unspecified atom stereocenters. The van der Waals surface area contributed by atoms with Crippen molar-refractivity contribution in [2.24, 2.45) is 0 Å². The molecule has 0 atom stereocenters. The summed E-state index contributed by atoms with van der Waals surface area (Å²) in [5, 5.41) is 13.7. The van der Waals surface area contributed by atoms with Crippen LogP contribution in [-0.2, 0) is 11.2 Å². The zero-order valence-corrected chi connectivity index (χ0v) is 13.1. The van der Waals surface area contributed by atoms with Crippen LogP contribution in [0.1, 0.15) is 11.1 Å². The second-order valence-electron chi connectivity index (χ2n) is 4.75. The first-order valence-electron chi connectivity index (χ1n) is 6.35. The van der Waals surface area contributed by atoms with Crippen LogP contribution in [0.25, 0.3) is 0 Å². The quantitative estimate of drug-likeness (QED) is 0.663. The van der Waals surface area contributed by atoms with E-state index in [1.165, 1.54) is 6.07 Å². The van der Waals surface area contributed by atoms with Crippen LogP contribution in [0, 0.1) is 17.0 Å². The number of anilines is 1. The van der Waals surface area contributed by atoms with E-state index in [0.29, 0.717) is 0 Å². The Hall–Kier alpha value is -2.11. The van der Waals surface area contributed by atoms with Crippen LogP contribution in [0.4, 0.5) is 11.4 Å². The maximum atomic E-state index is 12.1. The maximum Gasteiger partial charge on any atom is 0.294 e. The van der Waals surface area contributed by atoms with Crippen molar-refractivity contribution < 1.29 is 9.72 Å². The first-order valence-corrected chi connectivity index (χ1v) is 7.11. The molecule has 1 amide bonds. The van der Waals surface area contributed by atoms with Crippen molar-refractivity contribution in [2.75, 3.05) is 5.32 Å². The molecular formula is C15H12Cl2N2O3. The van der Waals surface area contributed by atoms with E-state index < -0.39 is 4.92 Å².